The second-order valence-electron chi connectivity index (χ2n) is 11.5. The third-order valence-electron chi connectivity index (χ3n) is 7.49. The van der Waals surface area contributed by atoms with Crippen molar-refractivity contribution in [2.75, 3.05) is 68.8 Å². The largest absolute Gasteiger partial charge is 0.462 e. The van der Waals surface area contributed by atoms with E-state index in [1.165, 1.54) is 17.0 Å². The number of piperazine rings is 1. The maximum absolute atomic E-state index is 15.1. The van der Waals surface area contributed by atoms with E-state index in [-0.39, 0.29) is 54.9 Å². The van der Waals surface area contributed by atoms with Crippen LogP contribution in [0.25, 0.3) is 0 Å². The Morgan fingerprint density at radius 2 is 1.60 bits per heavy atom. The summed E-state index contributed by atoms with van der Waals surface area (Å²) in [5.74, 6) is -1.04. The number of esters is 1. The van der Waals surface area contributed by atoms with Crippen LogP contribution in [0.4, 0.5) is 19.3 Å². The average Bonchev–Trinajstić information content (AvgIpc) is 2.93. The van der Waals surface area contributed by atoms with E-state index < -0.39 is 28.0 Å². The first-order valence-corrected chi connectivity index (χ1v) is 16.2. The first-order chi connectivity index (χ1) is 19.8. The number of hydrogen-bond acceptors (Lipinski definition) is 7. The molecule has 2 aliphatic heterocycles. The molecule has 2 aliphatic rings. The van der Waals surface area contributed by atoms with Crippen molar-refractivity contribution in [2.24, 2.45) is 0 Å². The molecule has 2 N–H and O–H groups in total. The number of benzene rings is 2. The van der Waals surface area contributed by atoms with Gasteiger partial charge in [-0.25, -0.2) is 18.4 Å². The highest BCUT2D eigenvalue weighted by molar-refractivity contribution is 8.24. The van der Waals surface area contributed by atoms with Crippen LogP contribution in [0.3, 0.4) is 0 Å². The molecule has 0 radical (unpaired) electrons. The summed E-state index contributed by atoms with van der Waals surface area (Å²) < 4.78 is 54.1. The lowest BCUT2D eigenvalue weighted by atomic mass is 10.1. The molecule has 42 heavy (non-hydrogen) atoms. The maximum Gasteiger partial charge on any atom is 0.338 e. The molecule has 0 atom stereocenters. The van der Waals surface area contributed by atoms with E-state index in [4.69, 9.17) is 4.74 Å². The van der Waals surface area contributed by atoms with Gasteiger partial charge < -0.3 is 9.64 Å². The molecule has 4 rings (SSSR count). The van der Waals surface area contributed by atoms with Crippen LogP contribution in [0.15, 0.2) is 42.5 Å². The maximum atomic E-state index is 15.1. The predicted molar refractivity (Wildman–Crippen MR) is 161 cm³/mol. The first kappa shape index (κ1) is 32.2. The number of anilines is 1. The standard InChI is InChI=1S/C30H42F2N4O5S/c1-4-41-28(37)24-7-8-25(27(31)19-24)21-36(29(38)35-15-17-42(39,40)18-16-35)26-9-5-23(6-10-26)20-33-11-13-34(14-12-33)22-30(2,3)32/h5-10,19,39-40H,4,11-18,20-22H2,1-3H3. The van der Waals surface area contributed by atoms with Crippen molar-refractivity contribution in [2.45, 2.75) is 39.5 Å². The Bertz CT molecular complexity index is 1220. The van der Waals surface area contributed by atoms with Crippen molar-refractivity contribution in [3.05, 3.63) is 65.0 Å². The Labute approximate surface area is 248 Å². The number of nitrogens with zero attached hydrogens (tertiary/aromatic N) is 4. The lowest BCUT2D eigenvalue weighted by Gasteiger charge is -2.42. The van der Waals surface area contributed by atoms with Gasteiger partial charge in [0.25, 0.3) is 0 Å². The van der Waals surface area contributed by atoms with Crippen molar-refractivity contribution in [1.29, 1.82) is 0 Å². The summed E-state index contributed by atoms with van der Waals surface area (Å²) in [7, 11) is -2.70. The quantitative estimate of drug-likeness (QED) is 0.384. The van der Waals surface area contributed by atoms with E-state index >= 15 is 4.39 Å². The molecular formula is C30H42F2N4O5S. The number of alkyl halides is 1. The van der Waals surface area contributed by atoms with E-state index in [1.807, 2.05) is 24.3 Å². The Morgan fingerprint density at radius 1 is 0.976 bits per heavy atom. The number of carbonyl (C=O) groups excluding carboxylic acids is 2. The smallest absolute Gasteiger partial charge is 0.338 e. The summed E-state index contributed by atoms with van der Waals surface area (Å²) in [6, 6.07) is 11.3. The van der Waals surface area contributed by atoms with Gasteiger partial charge in [0.1, 0.15) is 11.5 Å². The molecule has 12 heteroatoms. The van der Waals surface area contributed by atoms with E-state index in [0.717, 1.165) is 44.4 Å². The highest BCUT2D eigenvalue weighted by atomic mass is 32.3. The van der Waals surface area contributed by atoms with Crippen LogP contribution in [0.5, 0.6) is 0 Å². The molecule has 2 saturated heterocycles. The summed E-state index contributed by atoms with van der Waals surface area (Å²) in [6.45, 7) is 9.74. The summed E-state index contributed by atoms with van der Waals surface area (Å²) in [6.07, 6.45) is 0. The minimum atomic E-state index is -2.70. The van der Waals surface area contributed by atoms with Gasteiger partial charge in [-0.2, -0.15) is 10.6 Å². The number of halogens is 2. The van der Waals surface area contributed by atoms with Crippen molar-refractivity contribution in [3.8, 4) is 0 Å². The number of carbonyl (C=O) groups is 2. The molecule has 0 saturated carbocycles. The summed E-state index contributed by atoms with van der Waals surface area (Å²) in [5, 5.41) is 0. The Balaban J connectivity index is 1.48. The van der Waals surface area contributed by atoms with E-state index in [0.29, 0.717) is 12.2 Å². The van der Waals surface area contributed by atoms with Gasteiger partial charge in [0, 0.05) is 63.6 Å². The SMILES string of the molecule is CCOC(=O)c1ccc(CN(C(=O)N2CCS(O)(O)CC2)c2ccc(CN3CCN(CC(C)(C)F)CC3)cc2)c(F)c1. The molecule has 232 valence electrons. The zero-order chi connectivity index (χ0) is 30.5. The van der Waals surface area contributed by atoms with Crippen molar-refractivity contribution >= 4 is 28.3 Å². The summed E-state index contributed by atoms with van der Waals surface area (Å²) in [5.41, 5.74) is 0.737. The van der Waals surface area contributed by atoms with Gasteiger partial charge in [0.05, 0.1) is 30.2 Å². The second kappa shape index (κ2) is 13.7. The third kappa shape index (κ3) is 8.87. The predicted octanol–water partition coefficient (Wildman–Crippen LogP) is 5.06. The fraction of sp³-hybridized carbons (Fsp3) is 0.533. The lowest BCUT2D eigenvalue weighted by molar-refractivity contribution is 0.0525. The third-order valence-corrected chi connectivity index (χ3v) is 9.16. The molecule has 0 aromatic heterocycles. The topological polar surface area (TPSA) is 96.8 Å². The van der Waals surface area contributed by atoms with Crippen LogP contribution in [0.1, 0.15) is 42.3 Å². The summed E-state index contributed by atoms with van der Waals surface area (Å²) >= 11 is 0. The van der Waals surface area contributed by atoms with E-state index in [2.05, 4.69) is 9.80 Å². The van der Waals surface area contributed by atoms with Crippen molar-refractivity contribution in [3.63, 3.8) is 0 Å². The Hall–Kier alpha value is -2.77. The second-order valence-corrected chi connectivity index (χ2v) is 14.0. The minimum absolute atomic E-state index is 0.0766. The van der Waals surface area contributed by atoms with Crippen LogP contribution in [-0.4, -0.2) is 105 Å². The molecule has 0 aliphatic carbocycles. The van der Waals surface area contributed by atoms with Crippen LogP contribution in [0, 0.1) is 5.82 Å². The molecule has 0 unspecified atom stereocenters. The molecule has 0 spiro atoms. The van der Waals surface area contributed by atoms with Gasteiger partial charge >= 0.3 is 12.0 Å². The van der Waals surface area contributed by atoms with Crippen molar-refractivity contribution in [1.82, 2.24) is 14.7 Å². The monoisotopic (exact) mass is 608 g/mol. The van der Waals surface area contributed by atoms with Gasteiger partial charge in [-0.05, 0) is 50.6 Å². The highest BCUT2D eigenvalue weighted by Gasteiger charge is 2.30. The van der Waals surface area contributed by atoms with Crippen LogP contribution in [-0.2, 0) is 17.8 Å². The Kier molecular flexibility index (Phi) is 10.5. The fourth-order valence-electron chi connectivity index (χ4n) is 5.22. The molecule has 2 aromatic rings. The molecule has 2 fully saturated rings. The van der Waals surface area contributed by atoms with Crippen LogP contribution >= 0.6 is 10.6 Å². The molecule has 2 heterocycles. The van der Waals surface area contributed by atoms with Gasteiger partial charge in [-0.3, -0.25) is 23.8 Å². The molecule has 2 amide bonds. The summed E-state index contributed by atoms with van der Waals surface area (Å²) in [4.78, 5) is 33.2. The lowest BCUT2D eigenvalue weighted by Crippen LogP contribution is -2.49. The number of amides is 2. The zero-order valence-corrected chi connectivity index (χ0v) is 25.4. The number of hydrogen-bond donors (Lipinski definition) is 2. The van der Waals surface area contributed by atoms with E-state index in [1.54, 1.807) is 25.7 Å². The molecule has 0 bridgehead atoms. The van der Waals surface area contributed by atoms with Gasteiger partial charge in [-0.15, -0.1) is 0 Å². The molecule has 9 nitrogen and oxygen atoms in total. The first-order valence-electron chi connectivity index (χ1n) is 14.3. The van der Waals surface area contributed by atoms with Gasteiger partial charge in [0.15, 0.2) is 0 Å². The highest BCUT2D eigenvalue weighted by Crippen LogP contribution is 2.40. The average molecular weight is 609 g/mol. The van der Waals surface area contributed by atoms with Gasteiger partial charge in [0.2, 0.25) is 0 Å². The van der Waals surface area contributed by atoms with Crippen LogP contribution in [0.2, 0.25) is 0 Å². The Morgan fingerprint density at radius 3 is 2.17 bits per heavy atom. The zero-order valence-electron chi connectivity index (χ0n) is 24.6. The fourth-order valence-corrected chi connectivity index (χ4v) is 6.45. The van der Waals surface area contributed by atoms with Gasteiger partial charge in [-0.1, -0.05) is 18.2 Å². The number of rotatable bonds is 9. The molecule has 2 aromatic carbocycles. The minimum Gasteiger partial charge on any atom is -0.462 e. The van der Waals surface area contributed by atoms with Crippen molar-refractivity contribution < 1.29 is 32.2 Å². The number of ether oxygens (including phenoxy) is 1. The van der Waals surface area contributed by atoms with Crippen LogP contribution < -0.4 is 4.90 Å². The van der Waals surface area contributed by atoms with E-state index in [9.17, 15) is 23.1 Å². The number of urea groups is 1. The normalized spacial score (nSPS) is 18.9. The molecular weight excluding hydrogens is 566 g/mol.